The summed E-state index contributed by atoms with van der Waals surface area (Å²) in [6.45, 7) is 0. The molecule has 13 rings (SSSR count). The van der Waals surface area contributed by atoms with Gasteiger partial charge in [0.15, 0.2) is 0 Å². The van der Waals surface area contributed by atoms with Crippen molar-refractivity contribution in [3.05, 3.63) is 231 Å². The molecule has 0 aliphatic rings. The lowest BCUT2D eigenvalue weighted by molar-refractivity contribution is 1.33. The van der Waals surface area contributed by atoms with E-state index in [2.05, 4.69) is 212 Å². The number of benzene rings is 9. The molecule has 0 bridgehead atoms. The zero-order valence-electron chi connectivity index (χ0n) is 35.7. The fourth-order valence-electron chi connectivity index (χ4n) is 9.67. The van der Waals surface area contributed by atoms with Crippen LogP contribution in [0.1, 0.15) is 0 Å². The number of rotatable bonds is 6. The van der Waals surface area contributed by atoms with E-state index in [1.165, 1.54) is 21.5 Å². The maximum Gasteiger partial charge on any atom is 0.0788 e. The van der Waals surface area contributed by atoms with Crippen molar-refractivity contribution in [2.75, 3.05) is 0 Å². The quantitative estimate of drug-likeness (QED) is 0.157. The smallest absolute Gasteiger partial charge is 0.0788 e. The third-order valence-corrected chi connectivity index (χ3v) is 13.0. The Kier molecular flexibility index (Phi) is 8.81. The summed E-state index contributed by atoms with van der Waals surface area (Å²) in [5.41, 5.74) is 15.0. The average Bonchev–Trinajstić information content (AvgIpc) is 3.39. The maximum absolute atomic E-state index is 5.55. The fraction of sp³-hybridized carbons (Fsp3) is 0. The molecule has 0 amide bonds. The summed E-state index contributed by atoms with van der Waals surface area (Å²) in [7, 11) is 0. The van der Waals surface area contributed by atoms with Gasteiger partial charge in [0.05, 0.1) is 45.0 Å². The minimum atomic E-state index is 0.886. The van der Waals surface area contributed by atoms with Gasteiger partial charge in [0, 0.05) is 54.7 Å². The molecular formula is C62H38N4. The number of aromatic nitrogens is 4. The Morgan fingerprint density at radius 3 is 1.38 bits per heavy atom. The third kappa shape index (κ3) is 6.55. The van der Waals surface area contributed by atoms with Crippen molar-refractivity contribution >= 4 is 65.0 Å². The minimum Gasteiger partial charge on any atom is -0.248 e. The molecule has 0 N–H and O–H groups in total. The highest BCUT2D eigenvalue weighted by Crippen LogP contribution is 2.43. The van der Waals surface area contributed by atoms with Crippen LogP contribution in [0.15, 0.2) is 231 Å². The molecule has 0 atom stereocenters. The van der Waals surface area contributed by atoms with Gasteiger partial charge in [0.25, 0.3) is 0 Å². The monoisotopic (exact) mass is 838 g/mol. The van der Waals surface area contributed by atoms with E-state index >= 15 is 0 Å². The van der Waals surface area contributed by atoms with Crippen LogP contribution >= 0.6 is 0 Å². The lowest BCUT2D eigenvalue weighted by Gasteiger charge is -2.17. The van der Waals surface area contributed by atoms with Gasteiger partial charge in [-0.2, -0.15) is 0 Å². The normalized spacial score (nSPS) is 11.6. The topological polar surface area (TPSA) is 51.6 Å². The molecule has 0 spiro atoms. The second-order valence-electron chi connectivity index (χ2n) is 17.0. The molecule has 9 aromatic carbocycles. The molecule has 4 nitrogen and oxygen atoms in total. The molecule has 66 heavy (non-hydrogen) atoms. The highest BCUT2D eigenvalue weighted by molar-refractivity contribution is 6.25. The minimum absolute atomic E-state index is 0.886. The van der Waals surface area contributed by atoms with Crippen LogP contribution in [0.3, 0.4) is 0 Å². The van der Waals surface area contributed by atoms with Gasteiger partial charge in [-0.15, -0.1) is 0 Å². The molecule has 4 aromatic heterocycles. The molecule has 4 heterocycles. The number of pyridine rings is 4. The number of hydrogen-bond donors (Lipinski definition) is 0. The summed E-state index contributed by atoms with van der Waals surface area (Å²) in [4.78, 5) is 21.0. The van der Waals surface area contributed by atoms with E-state index in [1.54, 1.807) is 0 Å². The van der Waals surface area contributed by atoms with Crippen LogP contribution in [0, 0.1) is 0 Å². The molecule has 4 heteroatoms. The van der Waals surface area contributed by atoms with Gasteiger partial charge >= 0.3 is 0 Å². The third-order valence-electron chi connectivity index (χ3n) is 13.0. The van der Waals surface area contributed by atoms with Gasteiger partial charge in [-0.25, -0.2) is 19.9 Å². The molecule has 0 saturated carbocycles. The second-order valence-corrected chi connectivity index (χ2v) is 17.0. The lowest BCUT2D eigenvalue weighted by Crippen LogP contribution is -1.95. The van der Waals surface area contributed by atoms with Gasteiger partial charge in [-0.3, -0.25) is 0 Å². The van der Waals surface area contributed by atoms with Crippen molar-refractivity contribution in [1.82, 2.24) is 19.9 Å². The van der Waals surface area contributed by atoms with E-state index in [1.807, 2.05) is 18.2 Å². The van der Waals surface area contributed by atoms with Gasteiger partial charge in [-0.05, 0) is 87.3 Å². The summed E-state index contributed by atoms with van der Waals surface area (Å²) in [6, 6.07) is 81.7. The van der Waals surface area contributed by atoms with Gasteiger partial charge in [0.2, 0.25) is 0 Å². The molecule has 0 radical (unpaired) electrons. The summed E-state index contributed by atoms with van der Waals surface area (Å²) in [5.74, 6) is 0. The largest absolute Gasteiger partial charge is 0.248 e. The van der Waals surface area contributed by atoms with Crippen LogP contribution in [0.25, 0.3) is 132 Å². The van der Waals surface area contributed by atoms with Crippen molar-refractivity contribution in [2.24, 2.45) is 0 Å². The van der Waals surface area contributed by atoms with E-state index in [0.717, 1.165) is 111 Å². The Hall–Kier alpha value is -8.86. The van der Waals surface area contributed by atoms with Gasteiger partial charge in [0.1, 0.15) is 0 Å². The molecular weight excluding hydrogens is 801 g/mol. The predicted octanol–water partition coefficient (Wildman–Crippen LogP) is 16.2. The molecule has 306 valence electrons. The van der Waals surface area contributed by atoms with Crippen LogP contribution in [-0.2, 0) is 0 Å². The first kappa shape index (κ1) is 37.7. The fourth-order valence-corrected chi connectivity index (χ4v) is 9.67. The molecule has 0 fully saturated rings. The van der Waals surface area contributed by atoms with E-state index in [-0.39, 0.29) is 0 Å². The molecule has 13 aromatic rings. The van der Waals surface area contributed by atoms with Gasteiger partial charge in [-0.1, -0.05) is 176 Å². The average molecular weight is 839 g/mol. The number of nitrogens with zero attached hydrogens (tertiary/aromatic N) is 4. The van der Waals surface area contributed by atoms with Crippen LogP contribution in [0.2, 0.25) is 0 Å². The first-order chi connectivity index (χ1) is 32.7. The maximum atomic E-state index is 5.55. The van der Waals surface area contributed by atoms with Crippen molar-refractivity contribution in [2.45, 2.75) is 0 Å². The number of hydrogen-bond acceptors (Lipinski definition) is 4. The number of para-hydroxylation sites is 3. The van der Waals surface area contributed by atoms with Crippen LogP contribution in [0.4, 0.5) is 0 Å². The van der Waals surface area contributed by atoms with Crippen molar-refractivity contribution in [3.8, 4) is 67.4 Å². The van der Waals surface area contributed by atoms with E-state index < -0.39 is 0 Å². The van der Waals surface area contributed by atoms with Crippen LogP contribution in [-0.4, -0.2) is 19.9 Å². The Balaban J connectivity index is 1.01. The zero-order valence-corrected chi connectivity index (χ0v) is 35.7. The van der Waals surface area contributed by atoms with E-state index in [0.29, 0.717) is 0 Å². The molecule has 0 unspecified atom stereocenters. The Bertz CT molecular complexity index is 3900. The first-order valence-electron chi connectivity index (χ1n) is 22.4. The van der Waals surface area contributed by atoms with Gasteiger partial charge < -0.3 is 0 Å². The van der Waals surface area contributed by atoms with E-state index in [4.69, 9.17) is 19.9 Å². The summed E-state index contributed by atoms with van der Waals surface area (Å²) >= 11 is 0. The molecule has 0 aliphatic heterocycles. The Labute approximate surface area is 381 Å². The SMILES string of the molecule is c1ccc2cc(-c3nc4ccccc4c4c3cc(-c3cc(-c5ccc(-c6ccc7ccccc7n6)cc5)cc(-c5ccc(-c6ccc7ccccc7n6)cc5)n3)c3ccccc34)ccc2c1. The van der Waals surface area contributed by atoms with Crippen molar-refractivity contribution in [3.63, 3.8) is 0 Å². The standard InChI is InChI=1S/C62H38N4/c1-2-14-46-35-47(30-23-39(46)11-1)62-53-38-52(49-15-5-6-16-50(49)61(53)51-17-7-10-20-58(51)66-62)60-37-48(40-21-24-43(25-22-40)56-33-31-41-12-3-8-18-54(41)63-56)36-59(65-60)45-28-26-44(27-29-45)57-34-32-42-13-4-9-19-55(42)64-57/h1-38H. The predicted molar refractivity (Wildman–Crippen MR) is 275 cm³/mol. The van der Waals surface area contributed by atoms with Crippen LogP contribution in [0.5, 0.6) is 0 Å². The van der Waals surface area contributed by atoms with Crippen LogP contribution < -0.4 is 0 Å². The van der Waals surface area contributed by atoms with E-state index in [9.17, 15) is 0 Å². The Morgan fingerprint density at radius 2 is 0.712 bits per heavy atom. The molecule has 0 aliphatic carbocycles. The first-order valence-corrected chi connectivity index (χ1v) is 22.4. The highest BCUT2D eigenvalue weighted by atomic mass is 14.7. The van der Waals surface area contributed by atoms with Crippen molar-refractivity contribution in [1.29, 1.82) is 0 Å². The summed E-state index contributed by atoms with van der Waals surface area (Å²) in [6.07, 6.45) is 0. The van der Waals surface area contributed by atoms with Crippen molar-refractivity contribution < 1.29 is 0 Å². The number of fused-ring (bicyclic) bond motifs is 8. The summed E-state index contributed by atoms with van der Waals surface area (Å²) < 4.78 is 0. The zero-order chi connectivity index (χ0) is 43.6. The lowest BCUT2D eigenvalue weighted by atomic mass is 9.90. The second kappa shape index (κ2) is 15.4. The highest BCUT2D eigenvalue weighted by Gasteiger charge is 2.19. The Morgan fingerprint density at radius 1 is 0.227 bits per heavy atom. The summed E-state index contributed by atoms with van der Waals surface area (Å²) in [5, 5.41) is 10.4. The molecule has 0 saturated heterocycles.